The van der Waals surface area contributed by atoms with Crippen molar-refractivity contribution in [1.82, 2.24) is 9.97 Å². The Morgan fingerprint density at radius 3 is 3.00 bits per heavy atom. The molecule has 2 heterocycles. The lowest BCUT2D eigenvalue weighted by atomic mass is 10.2. The van der Waals surface area contributed by atoms with Crippen LogP contribution in [-0.4, -0.2) is 9.97 Å². The van der Waals surface area contributed by atoms with Crippen molar-refractivity contribution in [2.24, 2.45) is 5.84 Å². The Balaban J connectivity index is 2.15. The molecule has 2 rings (SSSR count). The van der Waals surface area contributed by atoms with E-state index in [0.717, 1.165) is 24.2 Å². The highest BCUT2D eigenvalue weighted by Gasteiger charge is 2.11. The van der Waals surface area contributed by atoms with Crippen molar-refractivity contribution in [3.8, 4) is 5.88 Å². The highest BCUT2D eigenvalue weighted by atomic mass is 16.5. The first-order valence-electron chi connectivity index (χ1n) is 5.80. The maximum Gasteiger partial charge on any atom is 0.222 e. The van der Waals surface area contributed by atoms with Crippen LogP contribution >= 0.6 is 0 Å². The molecule has 6 nitrogen and oxygen atoms in total. The van der Waals surface area contributed by atoms with Gasteiger partial charge in [0.2, 0.25) is 5.88 Å². The van der Waals surface area contributed by atoms with Crippen molar-refractivity contribution >= 4 is 5.82 Å². The summed E-state index contributed by atoms with van der Waals surface area (Å²) in [7, 11) is 0. The number of nitrogen functional groups attached to an aromatic ring is 1. The van der Waals surface area contributed by atoms with Crippen molar-refractivity contribution in [3.63, 3.8) is 0 Å². The van der Waals surface area contributed by atoms with Gasteiger partial charge in [0.15, 0.2) is 0 Å². The monoisotopic (exact) mass is 248 g/mol. The molecular formula is C12H16N4O2. The molecule has 0 aromatic carbocycles. The highest BCUT2D eigenvalue weighted by molar-refractivity contribution is 5.47. The average Bonchev–Trinajstić information content (AvgIpc) is 2.91. The van der Waals surface area contributed by atoms with Gasteiger partial charge in [-0.15, -0.1) is 0 Å². The minimum atomic E-state index is 0.338. The number of ether oxygens (including phenoxy) is 1. The van der Waals surface area contributed by atoms with Crippen LogP contribution in [0.5, 0.6) is 5.88 Å². The molecule has 0 bridgehead atoms. The van der Waals surface area contributed by atoms with Crippen LogP contribution in [0.25, 0.3) is 0 Å². The molecule has 0 radical (unpaired) electrons. The van der Waals surface area contributed by atoms with E-state index in [1.165, 1.54) is 6.33 Å². The summed E-state index contributed by atoms with van der Waals surface area (Å²) >= 11 is 0. The molecule has 0 unspecified atom stereocenters. The third-order valence-electron chi connectivity index (χ3n) is 2.47. The number of furan rings is 1. The van der Waals surface area contributed by atoms with Gasteiger partial charge < -0.3 is 14.6 Å². The fourth-order valence-electron chi connectivity index (χ4n) is 1.65. The van der Waals surface area contributed by atoms with E-state index >= 15 is 0 Å². The number of nitrogens with zero attached hydrogens (tertiary/aromatic N) is 2. The van der Waals surface area contributed by atoms with Gasteiger partial charge in [0.1, 0.15) is 24.5 Å². The Kier molecular flexibility index (Phi) is 4.14. The van der Waals surface area contributed by atoms with Crippen LogP contribution in [0, 0.1) is 0 Å². The van der Waals surface area contributed by atoms with Crippen molar-refractivity contribution in [1.29, 1.82) is 0 Å². The van der Waals surface area contributed by atoms with Gasteiger partial charge in [0.25, 0.3) is 0 Å². The zero-order valence-electron chi connectivity index (χ0n) is 10.2. The maximum absolute atomic E-state index is 5.64. The van der Waals surface area contributed by atoms with E-state index in [1.807, 2.05) is 12.1 Å². The molecule has 2 aromatic heterocycles. The first-order chi connectivity index (χ1) is 8.85. The maximum atomic E-state index is 5.64. The SMILES string of the molecule is CCCc1c(NN)ncnc1OCc1ccco1. The van der Waals surface area contributed by atoms with Crippen molar-refractivity contribution in [3.05, 3.63) is 36.0 Å². The van der Waals surface area contributed by atoms with Crippen LogP contribution in [0.15, 0.2) is 29.1 Å². The molecule has 3 N–H and O–H groups in total. The third kappa shape index (κ3) is 2.78. The average molecular weight is 248 g/mol. The van der Waals surface area contributed by atoms with Gasteiger partial charge in [-0.05, 0) is 18.6 Å². The second kappa shape index (κ2) is 6.02. The second-order valence-electron chi connectivity index (χ2n) is 3.77. The summed E-state index contributed by atoms with van der Waals surface area (Å²) in [5, 5.41) is 0. The number of rotatable bonds is 6. The highest BCUT2D eigenvalue weighted by Crippen LogP contribution is 2.23. The molecule has 0 aliphatic rings. The first kappa shape index (κ1) is 12.4. The van der Waals surface area contributed by atoms with Crippen LogP contribution in [0.4, 0.5) is 5.82 Å². The van der Waals surface area contributed by atoms with Gasteiger partial charge in [-0.3, -0.25) is 0 Å². The molecule has 96 valence electrons. The summed E-state index contributed by atoms with van der Waals surface area (Å²) in [5.74, 6) is 7.31. The van der Waals surface area contributed by atoms with Crippen LogP contribution in [0.2, 0.25) is 0 Å². The Labute approximate surface area is 105 Å². The van der Waals surface area contributed by atoms with Gasteiger partial charge in [0.05, 0.1) is 11.8 Å². The fraction of sp³-hybridized carbons (Fsp3) is 0.333. The molecule has 0 fully saturated rings. The number of hydrazine groups is 1. The van der Waals surface area contributed by atoms with Crippen molar-refractivity contribution < 1.29 is 9.15 Å². The summed E-state index contributed by atoms with van der Waals surface area (Å²) in [6.45, 7) is 2.41. The molecule has 0 saturated heterocycles. The smallest absolute Gasteiger partial charge is 0.222 e. The van der Waals surface area contributed by atoms with Gasteiger partial charge in [-0.2, -0.15) is 0 Å². The molecular weight excluding hydrogens is 232 g/mol. The van der Waals surface area contributed by atoms with E-state index in [4.69, 9.17) is 15.0 Å². The lowest BCUT2D eigenvalue weighted by Crippen LogP contribution is -2.13. The predicted octanol–water partition coefficient (Wildman–Crippen LogP) is 1.89. The van der Waals surface area contributed by atoms with E-state index in [1.54, 1.807) is 6.26 Å². The topological polar surface area (TPSA) is 86.2 Å². The normalized spacial score (nSPS) is 10.3. The number of hydrogen-bond donors (Lipinski definition) is 2. The van der Waals surface area contributed by atoms with Crippen molar-refractivity contribution in [2.45, 2.75) is 26.4 Å². The molecule has 2 aromatic rings. The number of anilines is 1. The summed E-state index contributed by atoms with van der Waals surface area (Å²) in [6.07, 6.45) is 4.79. The van der Waals surface area contributed by atoms with Gasteiger partial charge in [-0.25, -0.2) is 15.8 Å². The lowest BCUT2D eigenvalue weighted by molar-refractivity contribution is 0.257. The summed E-state index contributed by atoms with van der Waals surface area (Å²) in [6, 6.07) is 3.67. The summed E-state index contributed by atoms with van der Waals surface area (Å²) < 4.78 is 10.8. The molecule has 0 spiro atoms. The zero-order valence-corrected chi connectivity index (χ0v) is 10.2. The standard InChI is InChI=1S/C12H16N4O2/c1-2-4-10-11(16-13)14-8-15-12(10)18-7-9-5-3-6-17-9/h3,5-6,8H,2,4,7,13H2,1H3,(H,14,15,16). The molecule has 0 aliphatic heterocycles. The largest absolute Gasteiger partial charge is 0.469 e. The minimum absolute atomic E-state index is 0.338. The van der Waals surface area contributed by atoms with E-state index in [2.05, 4.69) is 22.3 Å². The van der Waals surface area contributed by atoms with Crippen LogP contribution in [-0.2, 0) is 13.0 Å². The van der Waals surface area contributed by atoms with Gasteiger partial charge in [-0.1, -0.05) is 13.3 Å². The van der Waals surface area contributed by atoms with Crippen LogP contribution < -0.4 is 16.0 Å². The quantitative estimate of drug-likeness (QED) is 0.599. The van der Waals surface area contributed by atoms with E-state index < -0.39 is 0 Å². The number of nitrogens with one attached hydrogen (secondary N) is 1. The van der Waals surface area contributed by atoms with E-state index in [0.29, 0.717) is 18.3 Å². The van der Waals surface area contributed by atoms with Crippen LogP contribution in [0.1, 0.15) is 24.7 Å². The summed E-state index contributed by atoms with van der Waals surface area (Å²) in [5.41, 5.74) is 3.44. The molecule has 6 heteroatoms. The number of hydrogen-bond acceptors (Lipinski definition) is 6. The summed E-state index contributed by atoms with van der Waals surface area (Å²) in [4.78, 5) is 8.21. The van der Waals surface area contributed by atoms with Crippen LogP contribution in [0.3, 0.4) is 0 Å². The molecule has 0 atom stereocenters. The molecule has 0 amide bonds. The second-order valence-corrected chi connectivity index (χ2v) is 3.77. The van der Waals surface area contributed by atoms with Gasteiger partial charge in [0, 0.05) is 0 Å². The van der Waals surface area contributed by atoms with Gasteiger partial charge >= 0.3 is 0 Å². The lowest BCUT2D eigenvalue weighted by Gasteiger charge is -2.11. The number of nitrogens with two attached hydrogens (primary N) is 1. The minimum Gasteiger partial charge on any atom is -0.469 e. The Morgan fingerprint density at radius 2 is 2.33 bits per heavy atom. The molecule has 18 heavy (non-hydrogen) atoms. The Morgan fingerprint density at radius 1 is 1.44 bits per heavy atom. The Bertz CT molecular complexity index is 485. The fourth-order valence-corrected chi connectivity index (χ4v) is 1.65. The predicted molar refractivity (Wildman–Crippen MR) is 66.9 cm³/mol. The molecule has 0 saturated carbocycles. The Hall–Kier alpha value is -2.08. The van der Waals surface area contributed by atoms with Crippen molar-refractivity contribution in [2.75, 3.05) is 5.43 Å². The first-order valence-corrected chi connectivity index (χ1v) is 5.80. The van der Waals surface area contributed by atoms with E-state index in [-0.39, 0.29) is 0 Å². The number of aromatic nitrogens is 2. The zero-order chi connectivity index (χ0) is 12.8. The molecule has 0 aliphatic carbocycles. The third-order valence-corrected chi connectivity index (χ3v) is 2.47. The van der Waals surface area contributed by atoms with E-state index in [9.17, 15) is 0 Å².